The largest absolute Gasteiger partial charge is 0.350 e. The Kier molecular flexibility index (Phi) is 10.2. The number of nitrogens with zero attached hydrogens (tertiary/aromatic N) is 2. The number of benzene rings is 3. The Morgan fingerprint density at radius 3 is 1.98 bits per heavy atom. The van der Waals surface area contributed by atoms with E-state index in [1.807, 2.05) is 27.7 Å². The van der Waals surface area contributed by atoms with Crippen molar-refractivity contribution in [3.63, 3.8) is 0 Å². The van der Waals surface area contributed by atoms with Gasteiger partial charge in [-0.2, -0.15) is 0 Å². The summed E-state index contributed by atoms with van der Waals surface area (Å²) in [7, 11) is -4.24. The molecule has 0 radical (unpaired) electrons. The van der Waals surface area contributed by atoms with Crippen LogP contribution >= 0.6 is 34.8 Å². The summed E-state index contributed by atoms with van der Waals surface area (Å²) in [6, 6.07) is 16.6. The van der Waals surface area contributed by atoms with Gasteiger partial charge < -0.3 is 10.2 Å². The van der Waals surface area contributed by atoms with Crippen molar-refractivity contribution in [1.29, 1.82) is 0 Å². The second kappa shape index (κ2) is 12.8. The maximum Gasteiger partial charge on any atom is 0.264 e. The number of aryl methyl sites for hydroxylation is 1. The zero-order valence-corrected chi connectivity index (χ0v) is 26.0. The van der Waals surface area contributed by atoms with Gasteiger partial charge in [0.05, 0.1) is 15.6 Å². The van der Waals surface area contributed by atoms with Crippen molar-refractivity contribution in [2.75, 3.05) is 10.8 Å². The first-order chi connectivity index (χ1) is 18.6. The Balaban J connectivity index is 2.09. The van der Waals surface area contributed by atoms with E-state index in [1.165, 1.54) is 23.1 Å². The lowest BCUT2D eigenvalue weighted by Gasteiger charge is -2.34. The number of para-hydroxylation sites is 1. The van der Waals surface area contributed by atoms with Crippen molar-refractivity contribution in [1.82, 2.24) is 10.2 Å². The van der Waals surface area contributed by atoms with Gasteiger partial charge in [0.15, 0.2) is 0 Å². The number of nitrogens with one attached hydrogen (secondary N) is 1. The van der Waals surface area contributed by atoms with E-state index < -0.39 is 40.0 Å². The van der Waals surface area contributed by atoms with Crippen LogP contribution in [0.5, 0.6) is 0 Å². The average molecular weight is 625 g/mol. The molecule has 0 aliphatic rings. The number of halogens is 3. The van der Waals surface area contributed by atoms with Crippen LogP contribution in [0, 0.1) is 6.92 Å². The zero-order valence-electron chi connectivity index (χ0n) is 22.9. The second-order valence-electron chi connectivity index (χ2n) is 10.4. The van der Waals surface area contributed by atoms with Crippen LogP contribution in [-0.2, 0) is 26.2 Å². The van der Waals surface area contributed by atoms with Crippen LogP contribution < -0.4 is 9.62 Å². The molecule has 0 saturated carbocycles. The normalized spacial score (nSPS) is 12.5. The van der Waals surface area contributed by atoms with Gasteiger partial charge >= 0.3 is 0 Å². The van der Waals surface area contributed by atoms with Gasteiger partial charge in [-0.25, -0.2) is 8.42 Å². The summed E-state index contributed by atoms with van der Waals surface area (Å²) in [5.41, 5.74) is 0.863. The number of hydrogen-bond donors (Lipinski definition) is 1. The molecule has 1 unspecified atom stereocenters. The lowest BCUT2D eigenvalue weighted by atomic mass is 10.1. The van der Waals surface area contributed by atoms with Gasteiger partial charge in [-0.05, 0) is 71.0 Å². The van der Waals surface area contributed by atoms with Crippen molar-refractivity contribution in [3.8, 4) is 0 Å². The van der Waals surface area contributed by atoms with Gasteiger partial charge in [0, 0.05) is 27.7 Å². The van der Waals surface area contributed by atoms with E-state index in [4.69, 9.17) is 34.8 Å². The molecule has 214 valence electrons. The molecule has 0 spiro atoms. The van der Waals surface area contributed by atoms with Crippen LogP contribution in [0.3, 0.4) is 0 Å². The molecule has 0 aliphatic carbocycles. The standard InChI is InChI=1S/C29H32Cl3N3O4S/c1-19-13-15-21(16-14-19)40(38,39)35(26-12-7-6-9-25(26)32)18-27(36)34(20(2)28(37)33-29(3,4)5)17-22-23(30)10-8-11-24(22)31/h6-16,20H,17-18H2,1-5H3,(H,33,37). The van der Waals surface area contributed by atoms with E-state index in [9.17, 15) is 18.0 Å². The van der Waals surface area contributed by atoms with E-state index in [-0.39, 0.29) is 22.2 Å². The summed E-state index contributed by atoms with van der Waals surface area (Å²) < 4.78 is 28.7. The number of amides is 2. The molecule has 0 bridgehead atoms. The lowest BCUT2D eigenvalue weighted by molar-refractivity contribution is -0.140. The van der Waals surface area contributed by atoms with Crippen molar-refractivity contribution in [3.05, 3.63) is 92.9 Å². The number of anilines is 1. The van der Waals surface area contributed by atoms with E-state index in [2.05, 4.69) is 5.32 Å². The second-order valence-corrected chi connectivity index (χ2v) is 13.5. The van der Waals surface area contributed by atoms with Crippen molar-refractivity contribution >= 4 is 62.3 Å². The topological polar surface area (TPSA) is 86.8 Å². The quantitative estimate of drug-likeness (QED) is 0.295. The summed E-state index contributed by atoms with van der Waals surface area (Å²) in [4.78, 5) is 28.5. The Bertz CT molecular complexity index is 1470. The fourth-order valence-corrected chi connectivity index (χ4v) is 6.15. The Morgan fingerprint density at radius 1 is 0.875 bits per heavy atom. The molecule has 3 rings (SSSR count). The molecule has 0 saturated heterocycles. The minimum atomic E-state index is -4.24. The van der Waals surface area contributed by atoms with Gasteiger partial charge in [0.25, 0.3) is 10.0 Å². The highest BCUT2D eigenvalue weighted by Crippen LogP contribution is 2.32. The molecule has 11 heteroatoms. The van der Waals surface area contributed by atoms with Gasteiger partial charge in [-0.1, -0.05) is 70.7 Å². The molecule has 0 fully saturated rings. The van der Waals surface area contributed by atoms with Crippen LogP contribution in [0.2, 0.25) is 15.1 Å². The summed E-state index contributed by atoms with van der Waals surface area (Å²) >= 11 is 19.2. The fraction of sp³-hybridized carbons (Fsp3) is 0.310. The fourth-order valence-electron chi connectivity index (χ4n) is 3.92. The number of carbonyl (C=O) groups excluding carboxylic acids is 2. The SMILES string of the molecule is Cc1ccc(S(=O)(=O)N(CC(=O)N(Cc2c(Cl)cccc2Cl)C(C)C(=O)NC(C)(C)C)c2ccccc2Cl)cc1. The van der Waals surface area contributed by atoms with Gasteiger partial charge in [0.1, 0.15) is 12.6 Å². The number of carbonyl (C=O) groups is 2. The van der Waals surface area contributed by atoms with Crippen molar-refractivity contribution < 1.29 is 18.0 Å². The van der Waals surface area contributed by atoms with E-state index >= 15 is 0 Å². The Hall–Kier alpha value is -2.78. The third-order valence-electron chi connectivity index (χ3n) is 6.06. The smallest absolute Gasteiger partial charge is 0.264 e. The zero-order chi connectivity index (χ0) is 29.8. The number of hydrogen-bond acceptors (Lipinski definition) is 4. The predicted molar refractivity (Wildman–Crippen MR) is 162 cm³/mol. The van der Waals surface area contributed by atoms with Crippen molar-refractivity contribution in [2.45, 2.75) is 57.6 Å². The molecule has 0 aromatic heterocycles. The minimum Gasteiger partial charge on any atom is -0.350 e. The van der Waals surface area contributed by atoms with Crippen LogP contribution in [0.4, 0.5) is 5.69 Å². The first kappa shape index (κ1) is 31.7. The van der Waals surface area contributed by atoms with Crippen LogP contribution in [-0.4, -0.2) is 43.3 Å². The molecule has 1 atom stereocenters. The maximum atomic E-state index is 14.0. The van der Waals surface area contributed by atoms with Gasteiger partial charge in [-0.15, -0.1) is 0 Å². The molecule has 0 aliphatic heterocycles. The van der Waals surface area contributed by atoms with E-state index in [0.717, 1.165) is 9.87 Å². The van der Waals surface area contributed by atoms with Gasteiger partial charge in [-0.3, -0.25) is 13.9 Å². The van der Waals surface area contributed by atoms with Crippen LogP contribution in [0.25, 0.3) is 0 Å². The third kappa shape index (κ3) is 7.69. The van der Waals surface area contributed by atoms with Crippen LogP contribution in [0.1, 0.15) is 38.8 Å². The summed E-state index contributed by atoms with van der Waals surface area (Å²) in [5, 5.41) is 3.64. The van der Waals surface area contributed by atoms with Crippen molar-refractivity contribution in [2.24, 2.45) is 0 Å². The molecule has 3 aromatic carbocycles. The van der Waals surface area contributed by atoms with Crippen LogP contribution in [0.15, 0.2) is 71.6 Å². The highest BCUT2D eigenvalue weighted by molar-refractivity contribution is 7.92. The monoisotopic (exact) mass is 623 g/mol. The molecule has 2 amide bonds. The highest BCUT2D eigenvalue weighted by atomic mass is 35.5. The highest BCUT2D eigenvalue weighted by Gasteiger charge is 2.34. The Morgan fingerprint density at radius 2 is 1.43 bits per heavy atom. The van der Waals surface area contributed by atoms with E-state index in [0.29, 0.717) is 15.6 Å². The lowest BCUT2D eigenvalue weighted by Crippen LogP contribution is -2.54. The molecule has 7 nitrogen and oxygen atoms in total. The first-order valence-corrected chi connectivity index (χ1v) is 15.1. The van der Waals surface area contributed by atoms with E-state index in [1.54, 1.807) is 55.5 Å². The Labute approximate surface area is 251 Å². The first-order valence-electron chi connectivity index (χ1n) is 12.5. The summed E-state index contributed by atoms with van der Waals surface area (Å²) in [6.07, 6.45) is 0. The average Bonchev–Trinajstić information content (AvgIpc) is 2.86. The summed E-state index contributed by atoms with van der Waals surface area (Å²) in [6.45, 7) is 8.11. The third-order valence-corrected chi connectivity index (χ3v) is 8.87. The molecule has 3 aromatic rings. The molecule has 1 N–H and O–H groups in total. The molecular formula is C29H32Cl3N3O4S. The summed E-state index contributed by atoms with van der Waals surface area (Å²) in [5.74, 6) is -1.07. The minimum absolute atomic E-state index is 0.00922. The van der Waals surface area contributed by atoms with Gasteiger partial charge in [0.2, 0.25) is 11.8 Å². The number of rotatable bonds is 9. The molecule has 0 heterocycles. The number of sulfonamides is 1. The molecule has 40 heavy (non-hydrogen) atoms. The maximum absolute atomic E-state index is 14.0. The predicted octanol–water partition coefficient (Wildman–Crippen LogP) is 6.48. The molecular weight excluding hydrogens is 593 g/mol.